The van der Waals surface area contributed by atoms with Crippen LogP contribution >= 0.6 is 0 Å². The topological polar surface area (TPSA) is 50.5 Å². The summed E-state index contributed by atoms with van der Waals surface area (Å²) in [6.07, 6.45) is 7.15. The van der Waals surface area contributed by atoms with Crippen molar-refractivity contribution in [3.05, 3.63) is 36.4 Å². The van der Waals surface area contributed by atoms with Gasteiger partial charge in [-0.15, -0.1) is 0 Å². The molecule has 0 spiro atoms. The molecule has 0 aliphatic carbocycles. The van der Waals surface area contributed by atoms with Crippen molar-refractivity contribution in [3.63, 3.8) is 0 Å². The Morgan fingerprint density at radius 3 is 3.08 bits per heavy atom. The van der Waals surface area contributed by atoms with E-state index in [1.165, 1.54) is 6.20 Å². The van der Waals surface area contributed by atoms with Crippen LogP contribution < -0.4 is 0 Å². The van der Waals surface area contributed by atoms with Gasteiger partial charge in [-0.1, -0.05) is 0 Å². The molecule has 0 N–H and O–H groups in total. The lowest BCUT2D eigenvalue weighted by Gasteiger charge is -1.89. The van der Waals surface area contributed by atoms with Crippen LogP contribution in [-0.2, 0) is 6.42 Å². The van der Waals surface area contributed by atoms with Gasteiger partial charge >= 0.3 is 0 Å². The highest BCUT2D eigenvalue weighted by Crippen LogP contribution is 1.89. The molecule has 0 amide bonds. The van der Waals surface area contributed by atoms with Crippen molar-refractivity contribution in [1.29, 1.82) is 0 Å². The van der Waals surface area contributed by atoms with E-state index in [9.17, 15) is 0 Å². The molecule has 1 aromatic rings. The fourth-order valence-corrected chi connectivity index (χ4v) is 0.735. The normalized spacial score (nSPS) is 11.1. The third-order valence-electron chi connectivity index (χ3n) is 1.29. The second-order valence-electron chi connectivity index (χ2n) is 2.23. The summed E-state index contributed by atoms with van der Waals surface area (Å²) < 4.78 is 0. The van der Waals surface area contributed by atoms with E-state index < -0.39 is 0 Å². The summed E-state index contributed by atoms with van der Waals surface area (Å²) in [5, 5.41) is 7.64. The van der Waals surface area contributed by atoms with E-state index in [1.54, 1.807) is 18.6 Å². The van der Waals surface area contributed by atoms with Crippen molar-refractivity contribution in [2.45, 2.75) is 6.42 Å². The molecule has 0 aliphatic rings. The zero-order chi connectivity index (χ0) is 9.36. The van der Waals surface area contributed by atoms with E-state index in [0.717, 1.165) is 5.69 Å². The Labute approximate surface area is 76.8 Å². The van der Waals surface area contributed by atoms with Crippen molar-refractivity contribution in [3.8, 4) is 0 Å². The molecule has 0 radical (unpaired) electrons. The molecule has 4 heteroatoms. The largest absolute Gasteiger partial charge is 0.271 e. The quantitative estimate of drug-likeness (QED) is 0.645. The summed E-state index contributed by atoms with van der Waals surface area (Å²) in [6, 6.07) is 3.74. The maximum Gasteiger partial charge on any atom is 0.0684 e. The highest BCUT2D eigenvalue weighted by molar-refractivity contribution is 5.61. The molecular formula is C9H10N4. The van der Waals surface area contributed by atoms with Gasteiger partial charge in [0.1, 0.15) is 0 Å². The molecule has 0 bridgehead atoms. The van der Waals surface area contributed by atoms with E-state index in [2.05, 4.69) is 26.9 Å². The van der Waals surface area contributed by atoms with Crippen molar-refractivity contribution in [2.75, 3.05) is 0 Å². The van der Waals surface area contributed by atoms with Crippen molar-refractivity contribution in [1.82, 2.24) is 10.2 Å². The molecule has 0 atom stereocenters. The minimum absolute atomic E-state index is 0.676. The van der Waals surface area contributed by atoms with E-state index >= 15 is 0 Å². The van der Waals surface area contributed by atoms with E-state index in [1.807, 2.05) is 12.1 Å². The summed E-state index contributed by atoms with van der Waals surface area (Å²) in [5.74, 6) is 0. The first-order chi connectivity index (χ1) is 6.43. The first kappa shape index (κ1) is 9.25. The minimum atomic E-state index is 0.676. The molecule has 1 heterocycles. The van der Waals surface area contributed by atoms with Gasteiger partial charge in [-0.3, -0.25) is 9.98 Å². The molecular weight excluding hydrogens is 164 g/mol. The van der Waals surface area contributed by atoms with Crippen LogP contribution in [-0.4, -0.2) is 23.1 Å². The average Bonchev–Trinajstić information content (AvgIpc) is 2.19. The van der Waals surface area contributed by atoms with Crippen LogP contribution in [0.5, 0.6) is 0 Å². The van der Waals surface area contributed by atoms with Crippen LogP contribution in [0.15, 0.2) is 40.7 Å². The maximum absolute atomic E-state index is 3.95. The van der Waals surface area contributed by atoms with Crippen LogP contribution in [0.1, 0.15) is 5.69 Å². The van der Waals surface area contributed by atoms with Gasteiger partial charge in [0.2, 0.25) is 0 Å². The number of aromatic nitrogens is 2. The fraction of sp³-hybridized carbons (Fsp3) is 0.111. The monoisotopic (exact) mass is 174 g/mol. The van der Waals surface area contributed by atoms with Gasteiger partial charge < -0.3 is 0 Å². The molecule has 13 heavy (non-hydrogen) atoms. The van der Waals surface area contributed by atoms with Crippen LogP contribution in [0, 0.1) is 0 Å². The van der Waals surface area contributed by atoms with Gasteiger partial charge in [-0.2, -0.15) is 10.2 Å². The molecule has 0 fully saturated rings. The standard InChI is InChI=1S/C9H10N4/c1-10-7-8-11-6-4-9-3-2-5-12-13-9/h2-3,5-8H,1,4H2/b8-7-,11-6?. The van der Waals surface area contributed by atoms with Gasteiger partial charge in [-0.05, 0) is 18.9 Å². The lowest BCUT2D eigenvalue weighted by Crippen LogP contribution is -1.91. The molecule has 0 aromatic carbocycles. The Hall–Kier alpha value is -1.84. The van der Waals surface area contributed by atoms with Crippen molar-refractivity contribution in [2.24, 2.45) is 9.98 Å². The van der Waals surface area contributed by atoms with E-state index in [4.69, 9.17) is 0 Å². The Bertz CT molecular complexity index is 303. The summed E-state index contributed by atoms with van der Waals surface area (Å²) in [7, 11) is 0. The third kappa shape index (κ3) is 3.91. The van der Waals surface area contributed by atoms with Crippen LogP contribution in [0.2, 0.25) is 0 Å². The minimum Gasteiger partial charge on any atom is -0.271 e. The number of hydrogen-bond donors (Lipinski definition) is 0. The van der Waals surface area contributed by atoms with Gasteiger partial charge in [0.05, 0.1) is 5.69 Å². The second-order valence-corrected chi connectivity index (χ2v) is 2.23. The van der Waals surface area contributed by atoms with E-state index in [-0.39, 0.29) is 0 Å². The summed E-state index contributed by atoms with van der Waals surface area (Å²) in [6.45, 7) is 3.28. The second kappa shape index (κ2) is 5.77. The van der Waals surface area contributed by atoms with Crippen LogP contribution in [0.4, 0.5) is 0 Å². The molecule has 4 nitrogen and oxygen atoms in total. The van der Waals surface area contributed by atoms with Crippen molar-refractivity contribution < 1.29 is 0 Å². The maximum atomic E-state index is 3.95. The first-order valence-electron chi connectivity index (χ1n) is 3.82. The predicted molar refractivity (Wildman–Crippen MR) is 52.9 cm³/mol. The van der Waals surface area contributed by atoms with Crippen LogP contribution in [0.3, 0.4) is 0 Å². The Balaban J connectivity index is 2.39. The third-order valence-corrected chi connectivity index (χ3v) is 1.29. The number of hydrogen-bond acceptors (Lipinski definition) is 4. The smallest absolute Gasteiger partial charge is 0.0684 e. The van der Waals surface area contributed by atoms with Gasteiger partial charge in [0.25, 0.3) is 0 Å². The Morgan fingerprint density at radius 2 is 2.38 bits per heavy atom. The van der Waals surface area contributed by atoms with Gasteiger partial charge in [0.15, 0.2) is 0 Å². The predicted octanol–water partition coefficient (Wildman–Crippen LogP) is 1.26. The number of rotatable bonds is 4. The highest BCUT2D eigenvalue weighted by atomic mass is 15.1. The molecule has 0 aliphatic heterocycles. The summed E-state index contributed by atoms with van der Waals surface area (Å²) >= 11 is 0. The summed E-state index contributed by atoms with van der Waals surface area (Å²) in [5.41, 5.74) is 0.895. The SMILES string of the molecule is C=N/C=C\N=CCc1cccnn1. The highest BCUT2D eigenvalue weighted by Gasteiger charge is 1.87. The molecule has 1 aromatic heterocycles. The first-order valence-corrected chi connectivity index (χ1v) is 3.82. The molecule has 1 rings (SSSR count). The zero-order valence-electron chi connectivity index (χ0n) is 7.17. The molecule has 66 valence electrons. The molecule has 0 unspecified atom stereocenters. The number of nitrogens with zero attached hydrogens (tertiary/aromatic N) is 4. The van der Waals surface area contributed by atoms with Gasteiger partial charge in [0, 0.05) is 31.2 Å². The lowest BCUT2D eigenvalue weighted by molar-refractivity contribution is 0.963. The number of aliphatic imine (C=N–C) groups is 2. The summed E-state index contributed by atoms with van der Waals surface area (Å²) in [4.78, 5) is 7.46. The lowest BCUT2D eigenvalue weighted by atomic mass is 10.3. The van der Waals surface area contributed by atoms with E-state index in [0.29, 0.717) is 6.42 Å². The van der Waals surface area contributed by atoms with Gasteiger partial charge in [-0.25, -0.2) is 0 Å². The zero-order valence-corrected chi connectivity index (χ0v) is 7.17. The molecule has 0 saturated heterocycles. The van der Waals surface area contributed by atoms with Crippen LogP contribution in [0.25, 0.3) is 0 Å². The Morgan fingerprint density at radius 1 is 1.46 bits per heavy atom. The molecule has 0 saturated carbocycles. The Kier molecular flexibility index (Phi) is 4.10. The van der Waals surface area contributed by atoms with Crippen molar-refractivity contribution >= 4 is 12.9 Å². The fourth-order valence-electron chi connectivity index (χ4n) is 0.735. The average molecular weight is 174 g/mol.